The minimum absolute atomic E-state index is 0.0736. The molecule has 2 aliphatic heterocycles. The molecule has 1 saturated heterocycles. The van der Waals surface area contributed by atoms with Crippen LogP contribution in [-0.4, -0.2) is 78.6 Å². The summed E-state index contributed by atoms with van der Waals surface area (Å²) < 4.78 is 5.41. The molecule has 0 radical (unpaired) electrons. The van der Waals surface area contributed by atoms with Gasteiger partial charge in [-0.3, -0.25) is 9.80 Å². The fraction of sp³-hybridized carbons (Fsp3) is 0.370. The fourth-order valence-electron chi connectivity index (χ4n) is 4.74. The quantitative estimate of drug-likeness (QED) is 0.554. The van der Waals surface area contributed by atoms with E-state index in [-0.39, 0.29) is 24.7 Å². The van der Waals surface area contributed by atoms with Crippen LogP contribution < -0.4 is 10.6 Å². The van der Waals surface area contributed by atoms with Crippen LogP contribution >= 0.6 is 11.6 Å². The Morgan fingerprint density at radius 2 is 1.89 bits per heavy atom. The Bertz CT molecular complexity index is 1190. The highest BCUT2D eigenvalue weighted by atomic mass is 35.5. The molecule has 2 unspecified atom stereocenters. The molecule has 2 atom stereocenters. The van der Waals surface area contributed by atoms with Gasteiger partial charge in [-0.15, -0.1) is 0 Å². The van der Waals surface area contributed by atoms with E-state index < -0.39 is 12.0 Å². The van der Waals surface area contributed by atoms with Crippen LogP contribution in [0.1, 0.15) is 25.5 Å². The van der Waals surface area contributed by atoms with E-state index in [0.717, 1.165) is 5.69 Å². The number of nitrogens with zero attached hydrogens (tertiary/aromatic N) is 3. The van der Waals surface area contributed by atoms with Gasteiger partial charge in [-0.1, -0.05) is 41.9 Å². The number of para-hydroxylation sites is 1. The van der Waals surface area contributed by atoms with Gasteiger partial charge in [0.15, 0.2) is 0 Å². The standard InChI is InChI=1S/C27H32ClN5O4/c1-4-37-25(34)23-22(31(3)26(35)30-24(23)19-9-8-10-20(28)15-19)17-32-13-14-33(18(2)16-32)27(36)29-21-11-6-5-7-12-21/h5-12,15,18,24H,4,13-14,16-17H2,1-3H3,(H,29,36)(H,30,35). The molecule has 0 saturated carbocycles. The number of carbonyl (C=O) groups excluding carboxylic acids is 3. The van der Waals surface area contributed by atoms with Crippen LogP contribution in [0.2, 0.25) is 5.02 Å². The monoisotopic (exact) mass is 525 g/mol. The molecular weight excluding hydrogens is 494 g/mol. The molecule has 10 heteroatoms. The van der Waals surface area contributed by atoms with Crippen molar-refractivity contribution in [3.05, 3.63) is 76.5 Å². The van der Waals surface area contributed by atoms with E-state index in [1.165, 1.54) is 4.90 Å². The van der Waals surface area contributed by atoms with Crippen molar-refractivity contribution < 1.29 is 19.1 Å². The molecule has 2 heterocycles. The fourth-order valence-corrected chi connectivity index (χ4v) is 4.94. The zero-order valence-corrected chi connectivity index (χ0v) is 22.0. The largest absolute Gasteiger partial charge is 0.463 e. The van der Waals surface area contributed by atoms with Crippen molar-refractivity contribution in [3.63, 3.8) is 0 Å². The van der Waals surface area contributed by atoms with Crippen LogP contribution in [0.15, 0.2) is 65.9 Å². The number of benzene rings is 2. The Balaban J connectivity index is 1.56. The molecule has 0 aliphatic carbocycles. The molecule has 2 aromatic carbocycles. The molecule has 4 amide bonds. The van der Waals surface area contributed by atoms with Crippen LogP contribution in [0.4, 0.5) is 15.3 Å². The van der Waals surface area contributed by atoms with Gasteiger partial charge in [0, 0.05) is 55.7 Å². The number of piperazine rings is 1. The summed E-state index contributed by atoms with van der Waals surface area (Å²) >= 11 is 6.21. The molecule has 4 rings (SSSR count). The van der Waals surface area contributed by atoms with Gasteiger partial charge in [-0.25, -0.2) is 14.4 Å². The first-order chi connectivity index (χ1) is 17.8. The SMILES string of the molecule is CCOC(=O)C1=C(CN2CCN(C(=O)Nc3ccccc3)C(C)C2)N(C)C(=O)NC1c1cccc(Cl)c1. The topological polar surface area (TPSA) is 94.2 Å². The number of anilines is 1. The molecule has 9 nitrogen and oxygen atoms in total. The van der Waals surface area contributed by atoms with Gasteiger partial charge in [0.25, 0.3) is 0 Å². The number of nitrogens with one attached hydrogen (secondary N) is 2. The first-order valence-electron chi connectivity index (χ1n) is 12.3. The average molecular weight is 526 g/mol. The molecule has 0 bridgehead atoms. The Hall–Kier alpha value is -3.56. The van der Waals surface area contributed by atoms with Crippen LogP contribution in [0.25, 0.3) is 0 Å². The average Bonchev–Trinajstić information content (AvgIpc) is 2.87. The molecule has 2 aromatic rings. The predicted molar refractivity (Wildman–Crippen MR) is 142 cm³/mol. The van der Waals surface area contributed by atoms with Crippen LogP contribution in [0, 0.1) is 0 Å². The molecule has 0 spiro atoms. The number of ether oxygens (including phenoxy) is 1. The number of hydrogen-bond donors (Lipinski definition) is 2. The third kappa shape index (κ3) is 6.06. The zero-order valence-electron chi connectivity index (χ0n) is 21.2. The second kappa shape index (κ2) is 11.7. The first kappa shape index (κ1) is 26.5. The predicted octanol–water partition coefficient (Wildman–Crippen LogP) is 4.09. The molecule has 37 heavy (non-hydrogen) atoms. The zero-order chi connectivity index (χ0) is 26.5. The third-order valence-electron chi connectivity index (χ3n) is 6.63. The summed E-state index contributed by atoms with van der Waals surface area (Å²) in [6, 6.07) is 15.2. The smallest absolute Gasteiger partial charge is 0.338 e. The Morgan fingerprint density at radius 3 is 2.57 bits per heavy atom. The summed E-state index contributed by atoms with van der Waals surface area (Å²) in [6.07, 6.45) is 0. The second-order valence-corrected chi connectivity index (χ2v) is 9.59. The highest BCUT2D eigenvalue weighted by Crippen LogP contribution is 2.32. The summed E-state index contributed by atoms with van der Waals surface area (Å²) in [7, 11) is 1.64. The van der Waals surface area contributed by atoms with Gasteiger partial charge in [0.2, 0.25) is 0 Å². The van der Waals surface area contributed by atoms with E-state index in [1.807, 2.05) is 43.3 Å². The van der Waals surface area contributed by atoms with Crippen molar-refractivity contribution in [1.29, 1.82) is 0 Å². The van der Waals surface area contributed by atoms with Crippen LogP contribution in [0.5, 0.6) is 0 Å². The van der Waals surface area contributed by atoms with E-state index in [0.29, 0.717) is 48.0 Å². The van der Waals surface area contributed by atoms with Crippen molar-refractivity contribution >= 4 is 35.3 Å². The van der Waals surface area contributed by atoms with Gasteiger partial charge < -0.3 is 20.3 Å². The lowest BCUT2D eigenvalue weighted by atomic mass is 9.94. The van der Waals surface area contributed by atoms with E-state index in [4.69, 9.17) is 16.3 Å². The Kier molecular flexibility index (Phi) is 8.35. The minimum Gasteiger partial charge on any atom is -0.463 e. The maximum absolute atomic E-state index is 13.2. The normalized spacial score (nSPS) is 20.5. The van der Waals surface area contributed by atoms with E-state index >= 15 is 0 Å². The molecule has 2 N–H and O–H groups in total. The minimum atomic E-state index is -0.688. The van der Waals surface area contributed by atoms with E-state index in [2.05, 4.69) is 15.5 Å². The van der Waals surface area contributed by atoms with Crippen molar-refractivity contribution in [2.45, 2.75) is 25.9 Å². The molecule has 196 valence electrons. The van der Waals surface area contributed by atoms with Crippen molar-refractivity contribution in [3.8, 4) is 0 Å². The first-order valence-corrected chi connectivity index (χ1v) is 12.7. The van der Waals surface area contributed by atoms with Gasteiger partial charge >= 0.3 is 18.0 Å². The summed E-state index contributed by atoms with van der Waals surface area (Å²) in [5.41, 5.74) is 2.39. The number of esters is 1. The highest BCUT2D eigenvalue weighted by Gasteiger charge is 2.38. The van der Waals surface area contributed by atoms with Crippen molar-refractivity contribution in [2.24, 2.45) is 0 Å². The number of halogens is 1. The molecule has 1 fully saturated rings. The molecule has 2 aliphatic rings. The van der Waals surface area contributed by atoms with Gasteiger partial charge in [0.05, 0.1) is 18.2 Å². The van der Waals surface area contributed by atoms with Gasteiger partial charge in [-0.2, -0.15) is 0 Å². The van der Waals surface area contributed by atoms with Crippen molar-refractivity contribution in [2.75, 3.05) is 45.2 Å². The maximum Gasteiger partial charge on any atom is 0.338 e. The van der Waals surface area contributed by atoms with E-state index in [9.17, 15) is 14.4 Å². The van der Waals surface area contributed by atoms with Gasteiger partial charge in [-0.05, 0) is 43.7 Å². The van der Waals surface area contributed by atoms with Gasteiger partial charge in [0.1, 0.15) is 0 Å². The maximum atomic E-state index is 13.2. The van der Waals surface area contributed by atoms with Crippen LogP contribution in [-0.2, 0) is 9.53 Å². The third-order valence-corrected chi connectivity index (χ3v) is 6.86. The summed E-state index contributed by atoms with van der Waals surface area (Å²) in [5.74, 6) is -0.483. The number of carbonyl (C=O) groups is 3. The lowest BCUT2D eigenvalue weighted by molar-refractivity contribution is -0.139. The summed E-state index contributed by atoms with van der Waals surface area (Å²) in [4.78, 5) is 44.4. The lowest BCUT2D eigenvalue weighted by Crippen LogP contribution is -2.56. The highest BCUT2D eigenvalue weighted by molar-refractivity contribution is 6.30. The number of rotatable bonds is 6. The summed E-state index contributed by atoms with van der Waals surface area (Å²) in [5, 5.41) is 6.36. The number of hydrogen-bond acceptors (Lipinski definition) is 5. The summed E-state index contributed by atoms with van der Waals surface area (Å²) in [6.45, 7) is 5.98. The van der Waals surface area contributed by atoms with Crippen molar-refractivity contribution in [1.82, 2.24) is 20.0 Å². The number of likely N-dealkylation sites (N-methyl/N-ethyl adjacent to an activating group) is 1. The Morgan fingerprint density at radius 1 is 1.14 bits per heavy atom. The number of urea groups is 2. The second-order valence-electron chi connectivity index (χ2n) is 9.15. The Labute approximate surface area is 222 Å². The molecular formula is C27H32ClN5O4. The molecule has 0 aromatic heterocycles. The number of amides is 4. The van der Waals surface area contributed by atoms with Crippen LogP contribution in [0.3, 0.4) is 0 Å². The van der Waals surface area contributed by atoms with E-state index in [1.54, 1.807) is 37.1 Å². The lowest BCUT2D eigenvalue weighted by Gasteiger charge is -2.42.